The molecule has 0 unspecified atom stereocenters. The zero-order valence-electron chi connectivity index (χ0n) is 12.0. The van der Waals surface area contributed by atoms with Crippen molar-refractivity contribution in [3.63, 3.8) is 0 Å². The molecule has 0 radical (unpaired) electrons. The van der Waals surface area contributed by atoms with E-state index in [0.29, 0.717) is 0 Å². The third-order valence-corrected chi connectivity index (χ3v) is 4.84. The van der Waals surface area contributed by atoms with Gasteiger partial charge in [0.2, 0.25) is 0 Å². The molecule has 20 heavy (non-hydrogen) atoms. The van der Waals surface area contributed by atoms with Gasteiger partial charge in [-0.3, -0.25) is 0 Å². The maximum absolute atomic E-state index is 3.52. The molecule has 1 N–H and O–H groups in total. The number of benzene rings is 1. The molecule has 108 valence electrons. The lowest BCUT2D eigenvalue weighted by atomic mass is 10.1. The van der Waals surface area contributed by atoms with Crippen molar-refractivity contribution in [1.29, 1.82) is 0 Å². The lowest BCUT2D eigenvalue weighted by molar-refractivity contribution is 0.674. The van der Waals surface area contributed by atoms with Crippen molar-refractivity contribution in [1.82, 2.24) is 5.32 Å². The number of halogens is 1. The van der Waals surface area contributed by atoms with Crippen molar-refractivity contribution in [2.75, 3.05) is 18.5 Å². The molecule has 0 amide bonds. The highest BCUT2D eigenvalue weighted by Gasteiger charge is 2.08. The molecule has 2 rings (SSSR count). The second-order valence-electron chi connectivity index (χ2n) is 4.89. The van der Waals surface area contributed by atoms with E-state index in [-0.39, 0.29) is 0 Å². The summed E-state index contributed by atoms with van der Waals surface area (Å²) in [5.74, 6) is 0. The van der Waals surface area contributed by atoms with E-state index in [2.05, 4.69) is 75.8 Å². The molecule has 1 heterocycles. The Kier molecular flexibility index (Phi) is 6.07. The number of nitrogens with zero attached hydrogens (tertiary/aromatic N) is 1. The Hall–Kier alpha value is -0.840. The van der Waals surface area contributed by atoms with Gasteiger partial charge in [-0.25, -0.2) is 0 Å². The normalized spacial score (nSPS) is 10.8. The SMILES string of the molecule is CCCNCc1ccccc1N(C)Cc1cc(Br)cs1. The van der Waals surface area contributed by atoms with Crippen LogP contribution in [0.15, 0.2) is 40.2 Å². The molecule has 0 saturated carbocycles. The van der Waals surface area contributed by atoms with Gasteiger partial charge in [0.1, 0.15) is 0 Å². The van der Waals surface area contributed by atoms with Gasteiger partial charge in [-0.15, -0.1) is 11.3 Å². The third-order valence-electron chi connectivity index (χ3n) is 3.16. The molecule has 0 atom stereocenters. The Morgan fingerprint density at radius 3 is 2.80 bits per heavy atom. The monoisotopic (exact) mass is 352 g/mol. The molecule has 0 saturated heterocycles. The number of anilines is 1. The van der Waals surface area contributed by atoms with Gasteiger partial charge in [-0.2, -0.15) is 0 Å². The summed E-state index contributed by atoms with van der Waals surface area (Å²) in [6.07, 6.45) is 1.17. The molecule has 0 spiro atoms. The summed E-state index contributed by atoms with van der Waals surface area (Å²) < 4.78 is 1.17. The first-order chi connectivity index (χ1) is 9.70. The fraction of sp³-hybridized carbons (Fsp3) is 0.375. The second-order valence-corrected chi connectivity index (χ2v) is 6.80. The predicted octanol–water partition coefficient (Wildman–Crippen LogP) is 4.65. The minimum absolute atomic E-state index is 0.933. The van der Waals surface area contributed by atoms with Gasteiger partial charge < -0.3 is 10.2 Å². The highest BCUT2D eigenvalue weighted by atomic mass is 79.9. The molecule has 0 aliphatic rings. The Labute approximate surface area is 133 Å². The van der Waals surface area contributed by atoms with Gasteiger partial charge in [0.15, 0.2) is 0 Å². The van der Waals surface area contributed by atoms with Crippen LogP contribution in [0.4, 0.5) is 5.69 Å². The Bertz CT molecular complexity index is 539. The van der Waals surface area contributed by atoms with Crippen LogP contribution >= 0.6 is 27.3 Å². The number of hydrogen-bond donors (Lipinski definition) is 1. The molecular weight excluding hydrogens is 332 g/mol. The summed E-state index contributed by atoms with van der Waals surface area (Å²) in [5.41, 5.74) is 2.67. The van der Waals surface area contributed by atoms with Crippen LogP contribution in [-0.4, -0.2) is 13.6 Å². The summed E-state index contributed by atoms with van der Waals surface area (Å²) in [4.78, 5) is 3.69. The van der Waals surface area contributed by atoms with E-state index in [4.69, 9.17) is 0 Å². The van der Waals surface area contributed by atoms with Gasteiger partial charge in [-0.05, 0) is 46.6 Å². The first kappa shape index (κ1) is 15.5. The minimum atomic E-state index is 0.933. The standard InChI is InChI=1S/C16H21BrN2S/c1-3-8-18-10-13-6-4-5-7-16(13)19(2)11-15-9-14(17)12-20-15/h4-7,9,12,18H,3,8,10-11H2,1-2H3. The maximum Gasteiger partial charge on any atom is 0.0520 e. The van der Waals surface area contributed by atoms with Crippen molar-refractivity contribution in [2.24, 2.45) is 0 Å². The summed E-state index contributed by atoms with van der Waals surface area (Å²) in [6.45, 7) is 5.14. The summed E-state index contributed by atoms with van der Waals surface area (Å²) in [6, 6.07) is 10.8. The highest BCUT2D eigenvalue weighted by molar-refractivity contribution is 9.10. The molecule has 0 fully saturated rings. The van der Waals surface area contributed by atoms with E-state index in [9.17, 15) is 0 Å². The topological polar surface area (TPSA) is 15.3 Å². The van der Waals surface area contributed by atoms with Crippen molar-refractivity contribution >= 4 is 33.0 Å². The van der Waals surface area contributed by atoms with Crippen molar-refractivity contribution in [2.45, 2.75) is 26.4 Å². The molecule has 2 aromatic rings. The number of thiophene rings is 1. The van der Waals surface area contributed by atoms with Crippen molar-refractivity contribution < 1.29 is 0 Å². The van der Waals surface area contributed by atoms with Crippen LogP contribution in [0, 0.1) is 0 Å². The molecule has 2 nitrogen and oxygen atoms in total. The fourth-order valence-corrected chi connectivity index (χ4v) is 3.69. The number of rotatable bonds is 7. The highest BCUT2D eigenvalue weighted by Crippen LogP contribution is 2.25. The van der Waals surface area contributed by atoms with E-state index >= 15 is 0 Å². The van der Waals surface area contributed by atoms with Crippen LogP contribution in [0.1, 0.15) is 23.8 Å². The third kappa shape index (κ3) is 4.33. The van der Waals surface area contributed by atoms with Gasteiger partial charge in [0.25, 0.3) is 0 Å². The van der Waals surface area contributed by atoms with Gasteiger partial charge in [-0.1, -0.05) is 25.1 Å². The minimum Gasteiger partial charge on any atom is -0.369 e. The predicted molar refractivity (Wildman–Crippen MR) is 92.6 cm³/mol. The maximum atomic E-state index is 3.52. The van der Waals surface area contributed by atoms with Gasteiger partial charge in [0.05, 0.1) is 6.54 Å². The van der Waals surface area contributed by atoms with E-state index in [1.54, 1.807) is 11.3 Å². The van der Waals surface area contributed by atoms with Crippen LogP contribution < -0.4 is 10.2 Å². The first-order valence-electron chi connectivity index (χ1n) is 6.93. The van der Waals surface area contributed by atoms with Crippen molar-refractivity contribution in [3.05, 3.63) is 50.6 Å². The summed E-state index contributed by atoms with van der Waals surface area (Å²) in [7, 11) is 2.16. The van der Waals surface area contributed by atoms with Crippen LogP contribution in [0.3, 0.4) is 0 Å². The van der Waals surface area contributed by atoms with E-state index < -0.39 is 0 Å². The molecule has 0 bridgehead atoms. The average Bonchev–Trinajstić information content (AvgIpc) is 2.85. The molecule has 0 aliphatic heterocycles. The van der Waals surface area contributed by atoms with Crippen LogP contribution in [-0.2, 0) is 13.1 Å². The van der Waals surface area contributed by atoms with Crippen molar-refractivity contribution in [3.8, 4) is 0 Å². The molecule has 0 aliphatic carbocycles. The summed E-state index contributed by atoms with van der Waals surface area (Å²) >= 11 is 5.31. The van der Waals surface area contributed by atoms with Gasteiger partial charge >= 0.3 is 0 Å². The van der Waals surface area contributed by atoms with E-state index in [1.165, 1.54) is 27.0 Å². The molecule has 1 aromatic heterocycles. The number of para-hydroxylation sites is 1. The lowest BCUT2D eigenvalue weighted by Crippen LogP contribution is -2.20. The largest absolute Gasteiger partial charge is 0.369 e. The van der Waals surface area contributed by atoms with Crippen LogP contribution in [0.2, 0.25) is 0 Å². The Balaban J connectivity index is 2.06. The number of nitrogens with one attached hydrogen (secondary N) is 1. The first-order valence-corrected chi connectivity index (χ1v) is 8.60. The lowest BCUT2D eigenvalue weighted by Gasteiger charge is -2.22. The quantitative estimate of drug-likeness (QED) is 0.729. The van der Waals surface area contributed by atoms with Crippen LogP contribution in [0.25, 0.3) is 0 Å². The molecular formula is C16H21BrN2S. The van der Waals surface area contributed by atoms with Crippen LogP contribution in [0.5, 0.6) is 0 Å². The summed E-state index contributed by atoms with van der Waals surface area (Å²) in [5, 5.41) is 5.62. The zero-order valence-corrected chi connectivity index (χ0v) is 14.4. The Morgan fingerprint density at radius 2 is 2.10 bits per heavy atom. The zero-order chi connectivity index (χ0) is 14.4. The van der Waals surface area contributed by atoms with E-state index in [0.717, 1.165) is 19.6 Å². The van der Waals surface area contributed by atoms with E-state index in [1.807, 2.05) is 0 Å². The smallest absolute Gasteiger partial charge is 0.0520 e. The Morgan fingerprint density at radius 1 is 1.30 bits per heavy atom. The fourth-order valence-electron chi connectivity index (χ4n) is 2.19. The second kappa shape index (κ2) is 7.81. The van der Waals surface area contributed by atoms with Gasteiger partial charge in [0, 0.05) is 34.0 Å². The molecule has 4 heteroatoms. The molecule has 1 aromatic carbocycles. The number of hydrogen-bond acceptors (Lipinski definition) is 3. The average molecular weight is 353 g/mol.